The maximum absolute atomic E-state index is 13.7. The van der Waals surface area contributed by atoms with Crippen LogP contribution in [-0.4, -0.2) is 70.3 Å². The standard InChI is InChI=1S/C26H35N3O7S/c1-6-22(26(31)27-18(2)3)28(16-19-7-10-21(34-4)11-8-19)25(30)17-29(37(5,32)33)20-9-12-23-24(15-20)36-14-13-35-23/h7-12,15,18,22H,6,13-14,16-17H2,1-5H3,(H,27,31)/t22-/m1/s1. The molecular formula is C26H35N3O7S. The van der Waals surface area contributed by atoms with E-state index in [4.69, 9.17) is 14.2 Å². The summed E-state index contributed by atoms with van der Waals surface area (Å²) in [6, 6.07) is 11.0. The summed E-state index contributed by atoms with van der Waals surface area (Å²) in [5.74, 6) is 0.759. The fourth-order valence-corrected chi connectivity index (χ4v) is 4.87. The van der Waals surface area contributed by atoms with E-state index in [-0.39, 0.29) is 24.2 Å². The van der Waals surface area contributed by atoms with Gasteiger partial charge in [-0.05, 0) is 50.1 Å². The van der Waals surface area contributed by atoms with Crippen LogP contribution in [0, 0.1) is 0 Å². The maximum Gasteiger partial charge on any atom is 0.244 e. The van der Waals surface area contributed by atoms with E-state index in [0.717, 1.165) is 16.1 Å². The van der Waals surface area contributed by atoms with E-state index in [9.17, 15) is 18.0 Å². The molecule has 3 rings (SSSR count). The number of anilines is 1. The van der Waals surface area contributed by atoms with E-state index in [2.05, 4.69) is 5.32 Å². The van der Waals surface area contributed by atoms with Gasteiger partial charge < -0.3 is 24.4 Å². The molecule has 1 heterocycles. The van der Waals surface area contributed by atoms with Crippen LogP contribution >= 0.6 is 0 Å². The summed E-state index contributed by atoms with van der Waals surface area (Å²) in [6.45, 7) is 5.87. The molecule has 0 aliphatic carbocycles. The van der Waals surface area contributed by atoms with Gasteiger partial charge >= 0.3 is 0 Å². The summed E-state index contributed by atoms with van der Waals surface area (Å²) in [4.78, 5) is 28.2. The van der Waals surface area contributed by atoms with Gasteiger partial charge in [0.05, 0.1) is 19.1 Å². The smallest absolute Gasteiger partial charge is 0.244 e. The third kappa shape index (κ3) is 7.28. The number of amides is 2. The molecule has 0 aromatic heterocycles. The molecular weight excluding hydrogens is 498 g/mol. The Bertz CT molecular complexity index is 1200. The summed E-state index contributed by atoms with van der Waals surface area (Å²) < 4.78 is 42.9. The van der Waals surface area contributed by atoms with E-state index in [0.29, 0.717) is 36.9 Å². The van der Waals surface area contributed by atoms with Crippen LogP contribution in [0.4, 0.5) is 5.69 Å². The average molecular weight is 534 g/mol. The van der Waals surface area contributed by atoms with Gasteiger partial charge in [0.1, 0.15) is 31.5 Å². The number of hydrogen-bond acceptors (Lipinski definition) is 7. The van der Waals surface area contributed by atoms with Crippen LogP contribution in [-0.2, 0) is 26.2 Å². The Hall–Kier alpha value is -3.47. The third-order valence-corrected chi connectivity index (χ3v) is 6.96. The zero-order chi connectivity index (χ0) is 27.2. The highest BCUT2D eigenvalue weighted by atomic mass is 32.2. The van der Waals surface area contributed by atoms with Crippen LogP contribution in [0.3, 0.4) is 0 Å². The zero-order valence-electron chi connectivity index (χ0n) is 21.9. The fraction of sp³-hybridized carbons (Fsp3) is 0.462. The van der Waals surface area contributed by atoms with Crippen molar-refractivity contribution >= 4 is 27.5 Å². The van der Waals surface area contributed by atoms with Crippen molar-refractivity contribution < 1.29 is 32.2 Å². The Morgan fingerprint density at radius 3 is 2.27 bits per heavy atom. The van der Waals surface area contributed by atoms with Gasteiger partial charge in [-0.2, -0.15) is 0 Å². The van der Waals surface area contributed by atoms with Gasteiger partial charge in [-0.3, -0.25) is 13.9 Å². The van der Waals surface area contributed by atoms with E-state index in [1.165, 1.54) is 4.90 Å². The highest BCUT2D eigenvalue weighted by Gasteiger charge is 2.32. The minimum Gasteiger partial charge on any atom is -0.497 e. The number of fused-ring (bicyclic) bond motifs is 1. The van der Waals surface area contributed by atoms with Crippen molar-refractivity contribution in [3.63, 3.8) is 0 Å². The minimum atomic E-state index is -3.85. The highest BCUT2D eigenvalue weighted by Crippen LogP contribution is 2.34. The Kier molecular flexibility index (Phi) is 9.25. The Balaban J connectivity index is 1.95. The minimum absolute atomic E-state index is 0.117. The Morgan fingerprint density at radius 2 is 1.70 bits per heavy atom. The number of benzene rings is 2. The van der Waals surface area contributed by atoms with Crippen molar-refractivity contribution in [3.8, 4) is 17.2 Å². The van der Waals surface area contributed by atoms with E-state index in [1.807, 2.05) is 20.8 Å². The number of nitrogens with one attached hydrogen (secondary N) is 1. The highest BCUT2D eigenvalue weighted by molar-refractivity contribution is 7.92. The van der Waals surface area contributed by atoms with Gasteiger partial charge in [0.15, 0.2) is 11.5 Å². The molecule has 11 heteroatoms. The summed E-state index contributed by atoms with van der Waals surface area (Å²) in [5, 5.41) is 2.87. The molecule has 2 amide bonds. The van der Waals surface area contributed by atoms with Crippen molar-refractivity contribution in [1.29, 1.82) is 0 Å². The van der Waals surface area contributed by atoms with Crippen LogP contribution in [0.25, 0.3) is 0 Å². The first kappa shape index (κ1) is 28.1. The lowest BCUT2D eigenvalue weighted by Crippen LogP contribution is -2.53. The summed E-state index contributed by atoms with van der Waals surface area (Å²) in [5.41, 5.74) is 1.04. The number of methoxy groups -OCH3 is 1. The molecule has 1 aliphatic heterocycles. The first-order valence-electron chi connectivity index (χ1n) is 12.1. The first-order valence-corrected chi connectivity index (χ1v) is 14.0. The molecule has 10 nitrogen and oxygen atoms in total. The summed E-state index contributed by atoms with van der Waals surface area (Å²) in [6.07, 6.45) is 1.39. The number of hydrogen-bond donors (Lipinski definition) is 1. The summed E-state index contributed by atoms with van der Waals surface area (Å²) >= 11 is 0. The molecule has 0 saturated heterocycles. The van der Waals surface area contributed by atoms with Crippen molar-refractivity contribution in [3.05, 3.63) is 48.0 Å². The van der Waals surface area contributed by atoms with Crippen molar-refractivity contribution in [2.45, 2.75) is 45.8 Å². The third-order valence-electron chi connectivity index (χ3n) is 5.82. The van der Waals surface area contributed by atoms with Gasteiger partial charge in [0, 0.05) is 18.7 Å². The Morgan fingerprint density at radius 1 is 1.05 bits per heavy atom. The van der Waals surface area contributed by atoms with E-state index < -0.39 is 28.5 Å². The number of ether oxygens (including phenoxy) is 3. The lowest BCUT2D eigenvalue weighted by atomic mass is 10.1. The number of carbonyl (C=O) groups is 2. The van der Waals surface area contributed by atoms with Gasteiger partial charge in [-0.15, -0.1) is 0 Å². The fourth-order valence-electron chi connectivity index (χ4n) is 4.03. The second-order valence-electron chi connectivity index (χ2n) is 9.05. The molecule has 2 aromatic carbocycles. The quantitative estimate of drug-likeness (QED) is 0.472. The predicted octanol–water partition coefficient (Wildman–Crippen LogP) is 2.56. The molecule has 0 radical (unpaired) electrons. The molecule has 0 fully saturated rings. The molecule has 0 spiro atoms. The summed E-state index contributed by atoms with van der Waals surface area (Å²) in [7, 11) is -2.29. The maximum atomic E-state index is 13.7. The van der Waals surface area contributed by atoms with Crippen LogP contribution in [0.5, 0.6) is 17.2 Å². The molecule has 202 valence electrons. The lowest BCUT2D eigenvalue weighted by molar-refractivity contribution is -0.140. The second-order valence-corrected chi connectivity index (χ2v) is 11.0. The van der Waals surface area contributed by atoms with Gasteiger partial charge in [0.25, 0.3) is 0 Å². The Labute approximate surface area is 218 Å². The molecule has 0 saturated carbocycles. The van der Waals surface area contributed by atoms with Crippen molar-refractivity contribution in [1.82, 2.24) is 10.2 Å². The molecule has 0 unspecified atom stereocenters. The molecule has 1 N–H and O–H groups in total. The van der Waals surface area contributed by atoms with Gasteiger partial charge in [0.2, 0.25) is 21.8 Å². The second kappa shape index (κ2) is 12.2. The topological polar surface area (TPSA) is 114 Å². The molecule has 37 heavy (non-hydrogen) atoms. The SMILES string of the molecule is CC[C@H](C(=O)NC(C)C)N(Cc1ccc(OC)cc1)C(=O)CN(c1ccc2c(c1)OCCO2)S(C)(=O)=O. The number of nitrogens with zero attached hydrogens (tertiary/aromatic N) is 2. The largest absolute Gasteiger partial charge is 0.497 e. The number of sulfonamides is 1. The molecule has 2 aromatic rings. The average Bonchev–Trinajstić information content (AvgIpc) is 2.86. The monoisotopic (exact) mass is 533 g/mol. The van der Waals surface area contributed by atoms with Gasteiger partial charge in [-0.1, -0.05) is 19.1 Å². The van der Waals surface area contributed by atoms with Crippen LogP contribution < -0.4 is 23.8 Å². The normalized spacial score (nSPS) is 13.6. The first-order chi connectivity index (χ1) is 17.5. The number of carbonyl (C=O) groups excluding carboxylic acids is 2. The molecule has 0 bridgehead atoms. The predicted molar refractivity (Wildman–Crippen MR) is 141 cm³/mol. The van der Waals surface area contributed by atoms with Gasteiger partial charge in [-0.25, -0.2) is 8.42 Å². The van der Waals surface area contributed by atoms with E-state index >= 15 is 0 Å². The van der Waals surface area contributed by atoms with Crippen LogP contribution in [0.15, 0.2) is 42.5 Å². The van der Waals surface area contributed by atoms with Crippen LogP contribution in [0.2, 0.25) is 0 Å². The van der Waals surface area contributed by atoms with E-state index in [1.54, 1.807) is 49.6 Å². The zero-order valence-corrected chi connectivity index (χ0v) is 22.7. The number of rotatable bonds is 11. The molecule has 1 atom stereocenters. The van der Waals surface area contributed by atoms with Crippen LogP contribution in [0.1, 0.15) is 32.8 Å². The van der Waals surface area contributed by atoms with Crippen molar-refractivity contribution in [2.24, 2.45) is 0 Å². The lowest BCUT2D eigenvalue weighted by Gasteiger charge is -2.33. The molecule has 1 aliphatic rings. The van der Waals surface area contributed by atoms with Crippen molar-refractivity contribution in [2.75, 3.05) is 37.4 Å².